The lowest BCUT2D eigenvalue weighted by Gasteiger charge is -2.34. The molecule has 2 aromatic rings. The van der Waals surface area contributed by atoms with Crippen molar-refractivity contribution in [2.75, 3.05) is 16.8 Å². The molecule has 1 atom stereocenters. The van der Waals surface area contributed by atoms with Crippen LogP contribution in [0.15, 0.2) is 53.0 Å². The van der Waals surface area contributed by atoms with E-state index in [0.717, 1.165) is 28.0 Å². The van der Waals surface area contributed by atoms with Gasteiger partial charge in [-0.25, -0.2) is 4.79 Å². The van der Waals surface area contributed by atoms with Crippen molar-refractivity contribution >= 4 is 33.3 Å². The molecule has 0 spiro atoms. The number of benzene rings is 2. The molecule has 1 aliphatic rings. The largest absolute Gasteiger partial charge is 0.486 e. The van der Waals surface area contributed by atoms with E-state index in [0.29, 0.717) is 6.54 Å². The summed E-state index contributed by atoms with van der Waals surface area (Å²) < 4.78 is 6.76. The van der Waals surface area contributed by atoms with E-state index in [2.05, 4.69) is 28.2 Å². The van der Waals surface area contributed by atoms with Crippen LogP contribution >= 0.6 is 15.9 Å². The number of fused-ring (bicyclic) bond motifs is 1. The first-order valence-corrected chi connectivity index (χ1v) is 8.07. The summed E-state index contributed by atoms with van der Waals surface area (Å²) in [6, 6.07) is 15.0. The number of carbonyl (C=O) groups is 1. The number of halogens is 1. The van der Waals surface area contributed by atoms with Crippen LogP contribution in [0.4, 0.5) is 16.2 Å². The van der Waals surface area contributed by atoms with Gasteiger partial charge in [0, 0.05) is 4.47 Å². The maximum absolute atomic E-state index is 12.7. The van der Waals surface area contributed by atoms with Crippen LogP contribution in [0.2, 0.25) is 0 Å². The quantitative estimate of drug-likeness (QED) is 0.845. The number of anilines is 2. The van der Waals surface area contributed by atoms with Gasteiger partial charge in [0.15, 0.2) is 0 Å². The van der Waals surface area contributed by atoms with E-state index in [1.165, 1.54) is 0 Å². The molecular formula is C17H17BrN2O2. The highest BCUT2D eigenvalue weighted by atomic mass is 79.9. The summed E-state index contributed by atoms with van der Waals surface area (Å²) in [6.07, 6.45) is 0.868. The molecule has 2 aromatic carbocycles. The summed E-state index contributed by atoms with van der Waals surface area (Å²) in [5.41, 5.74) is 1.56. The van der Waals surface area contributed by atoms with Gasteiger partial charge < -0.3 is 10.1 Å². The second kappa shape index (κ2) is 6.40. The Labute approximate surface area is 138 Å². The Balaban J connectivity index is 1.87. The normalized spacial score (nSPS) is 16.6. The highest BCUT2D eigenvalue weighted by Crippen LogP contribution is 2.34. The smallest absolute Gasteiger partial charge is 0.326 e. The molecule has 1 N–H and O–H groups in total. The Bertz CT molecular complexity index is 690. The molecule has 0 aliphatic carbocycles. The minimum atomic E-state index is -0.152. The molecule has 1 aliphatic heterocycles. The Morgan fingerprint density at radius 2 is 2.00 bits per heavy atom. The van der Waals surface area contributed by atoms with Gasteiger partial charge in [0.1, 0.15) is 11.9 Å². The van der Waals surface area contributed by atoms with E-state index >= 15 is 0 Å². The lowest BCUT2D eigenvalue weighted by Crippen LogP contribution is -2.45. The predicted octanol–water partition coefficient (Wildman–Crippen LogP) is 4.66. The molecule has 5 heteroatoms. The van der Waals surface area contributed by atoms with Gasteiger partial charge in [0.2, 0.25) is 0 Å². The second-order valence-electron chi connectivity index (χ2n) is 5.14. The van der Waals surface area contributed by atoms with Crippen molar-refractivity contribution in [1.82, 2.24) is 0 Å². The number of ether oxygens (including phenoxy) is 1. The summed E-state index contributed by atoms with van der Waals surface area (Å²) in [7, 11) is 0. The number of rotatable bonds is 2. The number of hydrogen-bond acceptors (Lipinski definition) is 2. The van der Waals surface area contributed by atoms with Crippen molar-refractivity contribution in [3.05, 3.63) is 53.0 Å². The van der Waals surface area contributed by atoms with E-state index in [1.807, 2.05) is 48.5 Å². The molecule has 0 saturated heterocycles. The van der Waals surface area contributed by atoms with Crippen molar-refractivity contribution in [2.24, 2.45) is 0 Å². The lowest BCUT2D eigenvalue weighted by molar-refractivity contribution is 0.188. The second-order valence-corrected chi connectivity index (χ2v) is 5.99. The number of nitrogens with zero attached hydrogens (tertiary/aromatic N) is 1. The number of urea groups is 1. The average molecular weight is 361 g/mol. The molecule has 1 heterocycles. The van der Waals surface area contributed by atoms with Crippen LogP contribution < -0.4 is 15.0 Å². The standard InChI is InChI=1S/C17H17BrN2O2/c1-2-12-11-20(15-9-5-6-10-16(15)22-12)17(21)19-14-8-4-3-7-13(14)18/h3-10,12H,2,11H2,1H3,(H,19,21). The Hall–Kier alpha value is -2.01. The Morgan fingerprint density at radius 3 is 2.77 bits per heavy atom. The van der Waals surface area contributed by atoms with Gasteiger partial charge in [0.05, 0.1) is 17.9 Å². The maximum atomic E-state index is 12.7. The zero-order valence-electron chi connectivity index (χ0n) is 12.3. The Kier molecular flexibility index (Phi) is 4.34. The summed E-state index contributed by atoms with van der Waals surface area (Å²) in [4.78, 5) is 14.4. The molecule has 0 bridgehead atoms. The predicted molar refractivity (Wildman–Crippen MR) is 91.7 cm³/mol. The van der Waals surface area contributed by atoms with Gasteiger partial charge in [0.25, 0.3) is 0 Å². The van der Waals surface area contributed by atoms with Crippen LogP contribution in [0.1, 0.15) is 13.3 Å². The highest BCUT2D eigenvalue weighted by molar-refractivity contribution is 9.10. The zero-order valence-corrected chi connectivity index (χ0v) is 13.8. The van der Waals surface area contributed by atoms with Crippen molar-refractivity contribution in [3.63, 3.8) is 0 Å². The molecule has 0 radical (unpaired) electrons. The van der Waals surface area contributed by atoms with Crippen molar-refractivity contribution in [2.45, 2.75) is 19.4 Å². The SMILES string of the molecule is CCC1CN(C(=O)Nc2ccccc2Br)c2ccccc2O1. The summed E-state index contributed by atoms with van der Waals surface area (Å²) in [6.45, 7) is 2.60. The topological polar surface area (TPSA) is 41.6 Å². The average Bonchev–Trinajstić information content (AvgIpc) is 2.55. The molecular weight excluding hydrogens is 344 g/mol. The van der Waals surface area contributed by atoms with Gasteiger partial charge in [-0.2, -0.15) is 0 Å². The van der Waals surface area contributed by atoms with Gasteiger partial charge in [-0.15, -0.1) is 0 Å². The number of amides is 2. The number of carbonyl (C=O) groups excluding carboxylic acids is 1. The fourth-order valence-electron chi connectivity index (χ4n) is 2.45. The van der Waals surface area contributed by atoms with Crippen molar-refractivity contribution in [1.29, 1.82) is 0 Å². The van der Waals surface area contributed by atoms with Gasteiger partial charge >= 0.3 is 6.03 Å². The van der Waals surface area contributed by atoms with Crippen molar-refractivity contribution < 1.29 is 9.53 Å². The van der Waals surface area contributed by atoms with Crippen LogP contribution in [0.3, 0.4) is 0 Å². The molecule has 0 saturated carbocycles. The zero-order chi connectivity index (χ0) is 15.5. The van der Waals surface area contributed by atoms with Crippen LogP contribution in [-0.4, -0.2) is 18.7 Å². The van der Waals surface area contributed by atoms with Gasteiger partial charge in [-0.3, -0.25) is 4.90 Å². The number of nitrogens with one attached hydrogen (secondary N) is 1. The van der Waals surface area contributed by atoms with Gasteiger partial charge in [-0.1, -0.05) is 31.2 Å². The van der Waals surface area contributed by atoms with Gasteiger partial charge in [-0.05, 0) is 46.6 Å². The van der Waals surface area contributed by atoms with E-state index in [-0.39, 0.29) is 12.1 Å². The molecule has 2 amide bonds. The Morgan fingerprint density at radius 1 is 1.27 bits per heavy atom. The van der Waals surface area contributed by atoms with Crippen LogP contribution in [0.25, 0.3) is 0 Å². The first-order valence-electron chi connectivity index (χ1n) is 7.27. The maximum Gasteiger partial charge on any atom is 0.326 e. The van der Waals surface area contributed by atoms with E-state index in [9.17, 15) is 4.79 Å². The number of hydrogen-bond donors (Lipinski definition) is 1. The third kappa shape index (κ3) is 2.95. The number of para-hydroxylation sites is 3. The monoisotopic (exact) mass is 360 g/mol. The highest BCUT2D eigenvalue weighted by Gasteiger charge is 2.28. The molecule has 3 rings (SSSR count). The summed E-state index contributed by atoms with van der Waals surface area (Å²) in [5.74, 6) is 0.753. The summed E-state index contributed by atoms with van der Waals surface area (Å²) >= 11 is 3.45. The van der Waals surface area contributed by atoms with Crippen LogP contribution in [-0.2, 0) is 0 Å². The van der Waals surface area contributed by atoms with Crippen LogP contribution in [0, 0.1) is 0 Å². The minimum absolute atomic E-state index is 0.0138. The molecule has 114 valence electrons. The van der Waals surface area contributed by atoms with E-state index in [4.69, 9.17) is 4.74 Å². The van der Waals surface area contributed by atoms with E-state index < -0.39 is 0 Å². The van der Waals surface area contributed by atoms with E-state index in [1.54, 1.807) is 4.90 Å². The molecule has 1 unspecified atom stereocenters. The molecule has 0 aromatic heterocycles. The first-order chi connectivity index (χ1) is 10.7. The third-order valence-electron chi connectivity index (χ3n) is 3.65. The molecule has 0 fully saturated rings. The summed E-state index contributed by atoms with van der Waals surface area (Å²) in [5, 5.41) is 2.95. The fraction of sp³-hybridized carbons (Fsp3) is 0.235. The molecule has 4 nitrogen and oxygen atoms in total. The lowest BCUT2D eigenvalue weighted by atomic mass is 10.1. The van der Waals surface area contributed by atoms with Crippen molar-refractivity contribution in [3.8, 4) is 5.75 Å². The molecule has 22 heavy (non-hydrogen) atoms. The first kappa shape index (κ1) is 14.9. The third-order valence-corrected chi connectivity index (χ3v) is 4.34. The van der Waals surface area contributed by atoms with Crippen LogP contribution in [0.5, 0.6) is 5.75 Å². The minimum Gasteiger partial charge on any atom is -0.486 e. The fourth-order valence-corrected chi connectivity index (χ4v) is 2.83.